The van der Waals surface area contributed by atoms with Crippen molar-refractivity contribution < 1.29 is 0 Å². The van der Waals surface area contributed by atoms with Crippen LogP contribution >= 0.6 is 40.7 Å². The molecule has 0 amide bonds. The monoisotopic (exact) mass is 204 g/mol. The van der Waals surface area contributed by atoms with Crippen LogP contribution in [0.4, 0.5) is 0 Å². The fraction of sp³-hybridized carbons (Fsp3) is 0.600. The zero-order valence-electron chi connectivity index (χ0n) is 5.02. The molecular weight excluding hydrogens is 197 g/mol. The third kappa shape index (κ3) is 3.68. The van der Waals surface area contributed by atoms with Crippen molar-refractivity contribution in [1.29, 1.82) is 0 Å². The average molecular weight is 205 g/mol. The van der Waals surface area contributed by atoms with Gasteiger partial charge in [0.25, 0.3) is 0 Å². The van der Waals surface area contributed by atoms with Gasteiger partial charge in [-0.25, -0.2) is 0 Å². The zero-order valence-corrected chi connectivity index (χ0v) is 8.18. The van der Waals surface area contributed by atoms with Gasteiger partial charge in [-0.1, -0.05) is 28.6 Å². The minimum atomic E-state index is -1.01. The lowest BCUT2D eigenvalue weighted by molar-refractivity contribution is 0.987. The molecule has 0 rings (SSSR count). The van der Waals surface area contributed by atoms with E-state index in [1.807, 2.05) is 6.92 Å². The van der Waals surface area contributed by atoms with Gasteiger partial charge in [-0.15, -0.1) is 18.2 Å². The molecule has 0 aliphatic carbocycles. The number of rotatable bonds is 3. The predicted molar refractivity (Wildman–Crippen MR) is 47.9 cm³/mol. The van der Waals surface area contributed by atoms with Gasteiger partial charge in [0.1, 0.15) is 0 Å². The first-order valence-electron chi connectivity index (χ1n) is 2.47. The van der Waals surface area contributed by atoms with Gasteiger partial charge in [0, 0.05) is 11.0 Å². The molecule has 0 aromatic carbocycles. The first kappa shape index (κ1) is 10.0. The number of hydrogen-bond donors (Lipinski definition) is 0. The summed E-state index contributed by atoms with van der Waals surface area (Å²) in [7, 11) is 0. The van der Waals surface area contributed by atoms with Gasteiger partial charge >= 0.3 is 0 Å². The van der Waals surface area contributed by atoms with E-state index in [4.69, 9.17) is 34.1 Å². The average Bonchev–Trinajstić information content (AvgIpc) is 1.64. The second kappa shape index (κ2) is 4.79. The summed E-state index contributed by atoms with van der Waals surface area (Å²) < 4.78 is 0. The van der Waals surface area contributed by atoms with Gasteiger partial charge in [-0.2, -0.15) is 0 Å². The molecule has 4 heteroatoms. The van der Waals surface area contributed by atoms with Crippen molar-refractivity contribution in [3.05, 3.63) is 12.7 Å². The summed E-state index contributed by atoms with van der Waals surface area (Å²) in [5.74, 6) is 0. The SMILES string of the molecule is C=CC(C(C)Cl)P(Cl)Cl. The van der Waals surface area contributed by atoms with Crippen LogP contribution in [0, 0.1) is 0 Å². The number of halogens is 3. The Kier molecular flexibility index (Phi) is 5.35. The summed E-state index contributed by atoms with van der Waals surface area (Å²) in [4.78, 5) is 0. The third-order valence-electron chi connectivity index (χ3n) is 0.937. The van der Waals surface area contributed by atoms with Gasteiger partial charge < -0.3 is 0 Å². The Morgan fingerprint density at radius 3 is 2.00 bits per heavy atom. The molecule has 0 spiro atoms. The van der Waals surface area contributed by atoms with Crippen LogP contribution in [0.1, 0.15) is 6.92 Å². The quantitative estimate of drug-likeness (QED) is 0.372. The second-order valence-electron chi connectivity index (χ2n) is 1.66. The molecule has 0 nitrogen and oxygen atoms in total. The highest BCUT2D eigenvalue weighted by molar-refractivity contribution is 8.04. The van der Waals surface area contributed by atoms with E-state index in [0.717, 1.165) is 0 Å². The van der Waals surface area contributed by atoms with Crippen molar-refractivity contribution in [2.75, 3.05) is 0 Å². The molecule has 9 heavy (non-hydrogen) atoms. The maximum Gasteiger partial charge on any atom is 0.0939 e. The van der Waals surface area contributed by atoms with Gasteiger partial charge in [0.15, 0.2) is 0 Å². The minimum Gasteiger partial charge on any atom is -0.122 e. The third-order valence-corrected chi connectivity index (χ3v) is 3.85. The second-order valence-corrected chi connectivity index (χ2v) is 6.17. The summed E-state index contributed by atoms with van der Waals surface area (Å²) in [6.45, 7) is 4.41. The van der Waals surface area contributed by atoms with Crippen molar-refractivity contribution in [2.24, 2.45) is 0 Å². The lowest BCUT2D eigenvalue weighted by Gasteiger charge is -2.14. The first-order valence-corrected chi connectivity index (χ1v) is 6.12. The van der Waals surface area contributed by atoms with Gasteiger partial charge in [-0.3, -0.25) is 0 Å². The highest BCUT2D eigenvalue weighted by atomic mass is 35.9. The smallest absolute Gasteiger partial charge is 0.0939 e. The van der Waals surface area contributed by atoms with E-state index in [1.165, 1.54) is 0 Å². The first-order chi connectivity index (χ1) is 4.09. The highest BCUT2D eigenvalue weighted by Crippen LogP contribution is 2.53. The molecule has 0 aliphatic rings. The molecule has 54 valence electrons. The van der Waals surface area contributed by atoms with Crippen molar-refractivity contribution in [2.45, 2.75) is 18.0 Å². The summed E-state index contributed by atoms with van der Waals surface area (Å²) in [5, 5.41) is -0.0244. The van der Waals surface area contributed by atoms with Crippen LogP contribution < -0.4 is 0 Å². The molecule has 2 unspecified atom stereocenters. The van der Waals surface area contributed by atoms with Gasteiger partial charge in [0.05, 0.1) is 6.63 Å². The molecule has 0 fully saturated rings. The van der Waals surface area contributed by atoms with E-state index >= 15 is 0 Å². The van der Waals surface area contributed by atoms with Crippen LogP contribution in [0.5, 0.6) is 0 Å². The van der Waals surface area contributed by atoms with Crippen LogP contribution in [0.2, 0.25) is 0 Å². The number of hydrogen-bond acceptors (Lipinski definition) is 0. The lowest BCUT2D eigenvalue weighted by Crippen LogP contribution is -2.08. The standard InChI is InChI=1S/C5H8Cl3P/c1-3-5(4(2)6)9(7)8/h3-5H,1H2,2H3. The predicted octanol–water partition coefficient (Wildman–Crippen LogP) is 3.96. The van der Waals surface area contributed by atoms with Crippen LogP contribution in [0.3, 0.4) is 0 Å². The van der Waals surface area contributed by atoms with Crippen LogP contribution in [-0.4, -0.2) is 11.0 Å². The Morgan fingerprint density at radius 2 is 2.00 bits per heavy atom. The van der Waals surface area contributed by atoms with Crippen LogP contribution in [-0.2, 0) is 0 Å². The maximum atomic E-state index is 5.71. The van der Waals surface area contributed by atoms with Crippen molar-refractivity contribution >= 4 is 40.7 Å². The maximum absolute atomic E-state index is 5.71. The lowest BCUT2D eigenvalue weighted by atomic mass is 10.3. The fourth-order valence-electron chi connectivity index (χ4n) is 0.422. The summed E-state index contributed by atoms with van der Waals surface area (Å²) in [6.07, 6.45) is 1.70. The molecule has 0 saturated carbocycles. The minimum absolute atomic E-state index is 0.0244. The molecule has 0 heterocycles. The van der Waals surface area contributed by atoms with Crippen LogP contribution in [0.15, 0.2) is 12.7 Å². The Hall–Kier alpha value is 1.04. The summed E-state index contributed by atoms with van der Waals surface area (Å²) in [5.41, 5.74) is 0.0463. The van der Waals surface area contributed by atoms with Crippen molar-refractivity contribution in [3.63, 3.8) is 0 Å². The van der Waals surface area contributed by atoms with E-state index in [0.29, 0.717) is 0 Å². The number of allylic oxidation sites excluding steroid dienone is 1. The Morgan fingerprint density at radius 1 is 1.56 bits per heavy atom. The molecule has 0 N–H and O–H groups in total. The summed E-state index contributed by atoms with van der Waals surface area (Å²) >= 11 is 16.9. The van der Waals surface area contributed by atoms with Crippen LogP contribution in [0.25, 0.3) is 0 Å². The van der Waals surface area contributed by atoms with Gasteiger partial charge in [-0.05, 0) is 6.92 Å². The summed E-state index contributed by atoms with van der Waals surface area (Å²) in [6, 6.07) is 0. The molecular formula is C5H8Cl3P. The molecule has 0 radical (unpaired) electrons. The molecule has 0 aromatic heterocycles. The normalized spacial score (nSPS) is 17.4. The zero-order chi connectivity index (χ0) is 7.44. The molecule has 0 bridgehead atoms. The number of alkyl halides is 1. The van der Waals surface area contributed by atoms with Crippen molar-refractivity contribution in [3.8, 4) is 0 Å². The van der Waals surface area contributed by atoms with Crippen molar-refractivity contribution in [1.82, 2.24) is 0 Å². The topological polar surface area (TPSA) is 0 Å². The Bertz CT molecular complexity index is 84.2. The van der Waals surface area contributed by atoms with Gasteiger partial charge in [0.2, 0.25) is 0 Å². The highest BCUT2D eigenvalue weighted by Gasteiger charge is 2.18. The largest absolute Gasteiger partial charge is 0.122 e. The molecule has 0 aromatic rings. The molecule has 0 saturated heterocycles. The Labute approximate surface area is 71.5 Å². The Balaban J connectivity index is 3.82. The van der Waals surface area contributed by atoms with E-state index < -0.39 is 6.63 Å². The van der Waals surface area contributed by atoms with E-state index in [-0.39, 0.29) is 11.0 Å². The molecule has 0 aliphatic heterocycles. The van der Waals surface area contributed by atoms with E-state index in [1.54, 1.807) is 6.08 Å². The van der Waals surface area contributed by atoms with E-state index in [9.17, 15) is 0 Å². The van der Waals surface area contributed by atoms with E-state index in [2.05, 4.69) is 6.58 Å². The fourth-order valence-corrected chi connectivity index (χ4v) is 3.17. The molecule has 2 atom stereocenters.